The predicted octanol–water partition coefficient (Wildman–Crippen LogP) is 1.30. The van der Waals surface area contributed by atoms with Gasteiger partial charge in [0, 0.05) is 23.7 Å². The lowest BCUT2D eigenvalue weighted by molar-refractivity contribution is -0.139. The fourth-order valence-corrected chi connectivity index (χ4v) is 3.48. The predicted molar refractivity (Wildman–Crippen MR) is 110 cm³/mol. The summed E-state index contributed by atoms with van der Waals surface area (Å²) in [7, 11) is 0. The second-order valence-electron chi connectivity index (χ2n) is 6.88. The van der Waals surface area contributed by atoms with Gasteiger partial charge in [-0.25, -0.2) is 0 Å². The van der Waals surface area contributed by atoms with Gasteiger partial charge < -0.3 is 29.7 Å². The van der Waals surface area contributed by atoms with Gasteiger partial charge in [0.25, 0.3) is 5.91 Å². The molecule has 1 atom stereocenters. The van der Waals surface area contributed by atoms with Crippen molar-refractivity contribution in [3.63, 3.8) is 0 Å². The minimum atomic E-state index is -0.821. The van der Waals surface area contributed by atoms with Crippen LogP contribution >= 0.6 is 11.6 Å². The smallest absolute Gasteiger partial charge is 0.309 e. The molecule has 4 rings (SSSR count). The molecule has 2 aromatic carbocycles. The summed E-state index contributed by atoms with van der Waals surface area (Å²) in [6.45, 7) is 0.921. The maximum atomic E-state index is 12.9. The number of carbonyl (C=O) groups is 3. The summed E-state index contributed by atoms with van der Waals surface area (Å²) in [5.74, 6) is -0.797. The molecule has 0 saturated carbocycles. The lowest BCUT2D eigenvalue weighted by Gasteiger charge is -2.23. The Labute approximate surface area is 183 Å². The van der Waals surface area contributed by atoms with Gasteiger partial charge in [0.05, 0.1) is 13.2 Å². The third-order valence-corrected chi connectivity index (χ3v) is 5.28. The molecule has 10 heteroatoms. The molecule has 2 N–H and O–H groups in total. The van der Waals surface area contributed by atoms with E-state index in [1.807, 2.05) is 0 Å². The average molecular weight is 446 g/mol. The van der Waals surface area contributed by atoms with Crippen LogP contribution in [0.15, 0.2) is 42.5 Å². The molecule has 0 radical (unpaired) electrons. The molecule has 162 valence electrons. The van der Waals surface area contributed by atoms with Gasteiger partial charge in [-0.05, 0) is 29.8 Å². The third-order valence-electron chi connectivity index (χ3n) is 4.91. The van der Waals surface area contributed by atoms with E-state index >= 15 is 0 Å². The molecule has 2 heterocycles. The van der Waals surface area contributed by atoms with Crippen LogP contribution in [0.5, 0.6) is 11.5 Å². The standard InChI is InChI=1S/C21H20ClN3O6/c22-15-4-2-1-3-14(15)10-23-19(26)20(27)24-11-18-25(7-8-29-18)21(28)13-5-6-16-17(9-13)31-12-30-16/h1-6,9,18H,7-8,10-12H2,(H,23,26)(H,24,27)/t18-/m0/s1. The van der Waals surface area contributed by atoms with Crippen LogP contribution in [0.25, 0.3) is 0 Å². The van der Waals surface area contributed by atoms with Crippen molar-refractivity contribution < 1.29 is 28.6 Å². The molecule has 31 heavy (non-hydrogen) atoms. The molecule has 0 unspecified atom stereocenters. The summed E-state index contributed by atoms with van der Waals surface area (Å²) in [5, 5.41) is 5.52. The second kappa shape index (κ2) is 9.23. The largest absolute Gasteiger partial charge is 0.454 e. The number of halogens is 1. The number of amides is 3. The van der Waals surface area contributed by atoms with Gasteiger partial charge in [-0.1, -0.05) is 29.8 Å². The molecular formula is C21H20ClN3O6. The average Bonchev–Trinajstić information content (AvgIpc) is 3.44. The van der Waals surface area contributed by atoms with E-state index in [0.29, 0.717) is 40.8 Å². The van der Waals surface area contributed by atoms with E-state index in [1.165, 1.54) is 4.90 Å². The van der Waals surface area contributed by atoms with Crippen LogP contribution < -0.4 is 20.1 Å². The Morgan fingerprint density at radius 2 is 1.81 bits per heavy atom. The first-order valence-electron chi connectivity index (χ1n) is 9.64. The van der Waals surface area contributed by atoms with E-state index in [-0.39, 0.29) is 25.8 Å². The van der Waals surface area contributed by atoms with Crippen LogP contribution in [0.1, 0.15) is 15.9 Å². The van der Waals surface area contributed by atoms with Crippen molar-refractivity contribution in [1.29, 1.82) is 0 Å². The second-order valence-corrected chi connectivity index (χ2v) is 7.28. The van der Waals surface area contributed by atoms with E-state index in [2.05, 4.69) is 10.6 Å². The number of hydrogen-bond acceptors (Lipinski definition) is 6. The molecule has 3 amide bonds. The van der Waals surface area contributed by atoms with E-state index in [4.69, 9.17) is 25.8 Å². The molecule has 2 aromatic rings. The van der Waals surface area contributed by atoms with Crippen LogP contribution in [0.4, 0.5) is 0 Å². The van der Waals surface area contributed by atoms with Crippen LogP contribution in [0.2, 0.25) is 5.02 Å². The van der Waals surface area contributed by atoms with Crippen molar-refractivity contribution in [1.82, 2.24) is 15.5 Å². The monoisotopic (exact) mass is 445 g/mol. The summed E-state index contributed by atoms with van der Waals surface area (Å²) in [6.07, 6.45) is -0.682. The molecule has 2 aliphatic rings. The van der Waals surface area contributed by atoms with Crippen LogP contribution in [-0.4, -0.2) is 55.3 Å². The first kappa shape index (κ1) is 21.0. The zero-order chi connectivity index (χ0) is 21.8. The Kier molecular flexibility index (Phi) is 6.24. The lowest BCUT2D eigenvalue weighted by atomic mass is 10.1. The van der Waals surface area contributed by atoms with E-state index < -0.39 is 18.0 Å². The van der Waals surface area contributed by atoms with Crippen LogP contribution in [0, 0.1) is 0 Å². The number of ether oxygens (including phenoxy) is 3. The van der Waals surface area contributed by atoms with Crippen molar-refractivity contribution in [2.45, 2.75) is 12.8 Å². The fraction of sp³-hybridized carbons (Fsp3) is 0.286. The number of hydrogen-bond donors (Lipinski definition) is 2. The summed E-state index contributed by atoms with van der Waals surface area (Å²) >= 11 is 6.04. The van der Waals surface area contributed by atoms with Crippen LogP contribution in [-0.2, 0) is 20.9 Å². The molecule has 0 bridgehead atoms. The lowest BCUT2D eigenvalue weighted by Crippen LogP contribution is -2.47. The van der Waals surface area contributed by atoms with Gasteiger partial charge in [-0.3, -0.25) is 14.4 Å². The maximum Gasteiger partial charge on any atom is 0.309 e. The highest BCUT2D eigenvalue weighted by Gasteiger charge is 2.32. The number of nitrogens with one attached hydrogen (secondary N) is 2. The van der Waals surface area contributed by atoms with E-state index in [0.717, 1.165) is 0 Å². The Bertz CT molecular complexity index is 1010. The van der Waals surface area contributed by atoms with Gasteiger partial charge in [0.2, 0.25) is 6.79 Å². The van der Waals surface area contributed by atoms with Gasteiger partial charge in [0.15, 0.2) is 11.5 Å². The molecule has 1 fully saturated rings. The van der Waals surface area contributed by atoms with Crippen molar-refractivity contribution in [2.75, 3.05) is 26.5 Å². The van der Waals surface area contributed by atoms with Crippen molar-refractivity contribution in [3.05, 3.63) is 58.6 Å². The Morgan fingerprint density at radius 1 is 1.03 bits per heavy atom. The van der Waals surface area contributed by atoms with Gasteiger partial charge in [-0.2, -0.15) is 0 Å². The molecule has 1 saturated heterocycles. The van der Waals surface area contributed by atoms with Crippen molar-refractivity contribution in [2.24, 2.45) is 0 Å². The normalized spacial score (nSPS) is 16.8. The van der Waals surface area contributed by atoms with Gasteiger partial charge in [0.1, 0.15) is 6.23 Å². The number of rotatable bonds is 5. The van der Waals surface area contributed by atoms with Gasteiger partial charge >= 0.3 is 11.8 Å². The summed E-state index contributed by atoms with van der Waals surface area (Å²) in [4.78, 5) is 38.6. The van der Waals surface area contributed by atoms with Gasteiger partial charge in [-0.15, -0.1) is 0 Å². The number of fused-ring (bicyclic) bond motifs is 1. The molecule has 0 spiro atoms. The molecule has 2 aliphatic heterocycles. The SMILES string of the molecule is O=C(NCc1ccccc1Cl)C(=O)NC[C@@H]1OCCN1C(=O)c1ccc2c(c1)OCO2. The minimum Gasteiger partial charge on any atom is -0.454 e. The topological polar surface area (TPSA) is 106 Å². The Morgan fingerprint density at radius 3 is 2.65 bits per heavy atom. The summed E-state index contributed by atoms with van der Waals surface area (Å²) < 4.78 is 16.1. The highest BCUT2D eigenvalue weighted by Crippen LogP contribution is 2.33. The Balaban J connectivity index is 1.30. The number of carbonyl (C=O) groups excluding carboxylic acids is 3. The zero-order valence-electron chi connectivity index (χ0n) is 16.4. The zero-order valence-corrected chi connectivity index (χ0v) is 17.2. The fourth-order valence-electron chi connectivity index (χ4n) is 3.28. The first-order valence-corrected chi connectivity index (χ1v) is 10.0. The summed E-state index contributed by atoms with van der Waals surface area (Å²) in [5.41, 5.74) is 1.12. The first-order chi connectivity index (χ1) is 15.0. The molecule has 0 aromatic heterocycles. The highest BCUT2D eigenvalue weighted by molar-refractivity contribution is 6.35. The molecule has 9 nitrogen and oxygen atoms in total. The minimum absolute atomic E-state index is 0.0192. The van der Waals surface area contributed by atoms with E-state index in [1.54, 1.807) is 42.5 Å². The highest BCUT2D eigenvalue weighted by atomic mass is 35.5. The number of benzene rings is 2. The van der Waals surface area contributed by atoms with E-state index in [9.17, 15) is 14.4 Å². The third kappa shape index (κ3) is 4.73. The Hall–Kier alpha value is -3.30. The quantitative estimate of drug-likeness (QED) is 0.672. The van der Waals surface area contributed by atoms with Crippen molar-refractivity contribution >= 4 is 29.3 Å². The number of nitrogens with zero attached hydrogens (tertiary/aromatic N) is 1. The van der Waals surface area contributed by atoms with Crippen LogP contribution in [0.3, 0.4) is 0 Å². The maximum absolute atomic E-state index is 12.9. The molecular weight excluding hydrogens is 426 g/mol. The molecule has 0 aliphatic carbocycles. The van der Waals surface area contributed by atoms with Crippen molar-refractivity contribution in [3.8, 4) is 11.5 Å². The summed E-state index contributed by atoms with van der Waals surface area (Å²) in [6, 6.07) is 12.0.